The second-order valence-corrected chi connectivity index (χ2v) is 20.0. The number of rotatable bonds is 54. The molecule has 0 rings (SSSR count). The number of nitrogens with one attached hydrogen (secondary N) is 1. The summed E-state index contributed by atoms with van der Waals surface area (Å²) in [6.45, 7) is 4.94. The number of carbonyl (C=O) groups excluding carboxylic acids is 2. The Morgan fingerprint density at radius 2 is 0.734 bits per heavy atom. The number of hydrogen-bond acceptors (Lipinski definition) is 5. The molecule has 64 heavy (non-hydrogen) atoms. The summed E-state index contributed by atoms with van der Waals surface area (Å²) >= 11 is 0. The van der Waals surface area contributed by atoms with Gasteiger partial charge in [0.05, 0.1) is 25.4 Å². The zero-order valence-corrected chi connectivity index (χ0v) is 43.3. The van der Waals surface area contributed by atoms with Gasteiger partial charge in [0.1, 0.15) is 0 Å². The molecule has 0 heterocycles. The monoisotopic (exact) mass is 904 g/mol. The third-order valence-corrected chi connectivity index (χ3v) is 13.6. The first-order chi connectivity index (χ1) is 31.5. The van der Waals surface area contributed by atoms with Gasteiger partial charge in [-0.1, -0.05) is 270 Å². The molecular weight excluding hydrogens is 791 g/mol. The van der Waals surface area contributed by atoms with E-state index < -0.39 is 12.1 Å². The third-order valence-electron chi connectivity index (χ3n) is 13.6. The Bertz CT molecular complexity index is 955. The minimum Gasteiger partial charge on any atom is -0.466 e. The van der Waals surface area contributed by atoms with Crippen LogP contribution in [0.5, 0.6) is 0 Å². The predicted molar refractivity (Wildman–Crippen MR) is 278 cm³/mol. The number of carbonyl (C=O) groups is 2. The summed E-state index contributed by atoms with van der Waals surface area (Å²) in [7, 11) is 0. The fourth-order valence-electron chi connectivity index (χ4n) is 9.11. The molecule has 2 atom stereocenters. The van der Waals surface area contributed by atoms with Crippen LogP contribution in [-0.2, 0) is 14.3 Å². The molecule has 0 saturated carbocycles. The SMILES string of the molecule is CCCCC/C=C\CCCCCCCC(=O)OCCCCCCCCCCCCCCCCCCCC(=O)NC(CO)C(O)CCCCCCCCCCCCCCCCCCCC. The molecule has 6 nitrogen and oxygen atoms in total. The van der Waals surface area contributed by atoms with E-state index in [1.165, 1.54) is 244 Å². The summed E-state index contributed by atoms with van der Waals surface area (Å²) < 4.78 is 5.46. The number of unbranched alkanes of at least 4 members (excludes halogenated alkanes) is 41. The number of esters is 1. The molecule has 0 saturated heterocycles. The van der Waals surface area contributed by atoms with E-state index in [-0.39, 0.29) is 18.5 Å². The van der Waals surface area contributed by atoms with E-state index in [0.717, 1.165) is 44.9 Å². The lowest BCUT2D eigenvalue weighted by Gasteiger charge is -2.22. The van der Waals surface area contributed by atoms with Gasteiger partial charge in [0.25, 0.3) is 0 Å². The highest BCUT2D eigenvalue weighted by molar-refractivity contribution is 5.76. The van der Waals surface area contributed by atoms with Gasteiger partial charge in [0, 0.05) is 12.8 Å². The summed E-state index contributed by atoms with van der Waals surface area (Å²) in [4.78, 5) is 24.5. The van der Waals surface area contributed by atoms with Crippen molar-refractivity contribution in [2.24, 2.45) is 0 Å². The fraction of sp³-hybridized carbons (Fsp3) is 0.931. The lowest BCUT2D eigenvalue weighted by molar-refractivity contribution is -0.143. The van der Waals surface area contributed by atoms with Crippen LogP contribution in [-0.4, -0.2) is 47.4 Å². The average molecular weight is 905 g/mol. The van der Waals surface area contributed by atoms with Crippen LogP contribution in [0, 0.1) is 0 Å². The molecule has 2 unspecified atom stereocenters. The highest BCUT2D eigenvalue weighted by Gasteiger charge is 2.20. The Morgan fingerprint density at radius 1 is 0.422 bits per heavy atom. The van der Waals surface area contributed by atoms with Gasteiger partial charge in [-0.2, -0.15) is 0 Å². The Kier molecular flexibility index (Phi) is 53.0. The van der Waals surface area contributed by atoms with Crippen molar-refractivity contribution < 1.29 is 24.5 Å². The first-order valence-electron chi connectivity index (χ1n) is 28.9. The normalized spacial score (nSPS) is 12.6. The van der Waals surface area contributed by atoms with Gasteiger partial charge in [-0.15, -0.1) is 0 Å². The number of aliphatic hydroxyl groups is 2. The van der Waals surface area contributed by atoms with Crippen LogP contribution in [0.2, 0.25) is 0 Å². The van der Waals surface area contributed by atoms with Crippen LogP contribution in [0.1, 0.15) is 322 Å². The summed E-state index contributed by atoms with van der Waals surface area (Å²) in [6.07, 6.45) is 63.4. The zero-order valence-electron chi connectivity index (χ0n) is 43.3. The maximum absolute atomic E-state index is 12.5. The molecule has 0 aliphatic heterocycles. The highest BCUT2D eigenvalue weighted by Crippen LogP contribution is 2.18. The third kappa shape index (κ3) is 50.0. The topological polar surface area (TPSA) is 95.9 Å². The van der Waals surface area contributed by atoms with E-state index in [4.69, 9.17) is 4.74 Å². The molecule has 0 aromatic rings. The zero-order chi connectivity index (χ0) is 46.5. The van der Waals surface area contributed by atoms with Crippen molar-refractivity contribution in [3.05, 3.63) is 12.2 Å². The van der Waals surface area contributed by atoms with Crippen molar-refractivity contribution >= 4 is 11.9 Å². The Balaban J connectivity index is 3.42. The van der Waals surface area contributed by atoms with Crippen LogP contribution in [0.4, 0.5) is 0 Å². The lowest BCUT2D eigenvalue weighted by Crippen LogP contribution is -2.45. The summed E-state index contributed by atoms with van der Waals surface area (Å²) in [5.41, 5.74) is 0. The van der Waals surface area contributed by atoms with Gasteiger partial charge >= 0.3 is 5.97 Å². The van der Waals surface area contributed by atoms with E-state index >= 15 is 0 Å². The van der Waals surface area contributed by atoms with E-state index in [1.54, 1.807) is 0 Å². The van der Waals surface area contributed by atoms with Crippen LogP contribution >= 0.6 is 0 Å². The molecule has 0 aromatic carbocycles. The molecule has 1 amide bonds. The molecule has 0 radical (unpaired) electrons. The molecule has 3 N–H and O–H groups in total. The van der Waals surface area contributed by atoms with Crippen molar-refractivity contribution in [1.82, 2.24) is 5.32 Å². The number of hydrogen-bond donors (Lipinski definition) is 3. The van der Waals surface area contributed by atoms with Crippen LogP contribution in [0.25, 0.3) is 0 Å². The molecule has 0 bridgehead atoms. The van der Waals surface area contributed by atoms with Crippen molar-refractivity contribution in [1.29, 1.82) is 0 Å². The molecule has 380 valence electrons. The molecule has 0 aromatic heterocycles. The predicted octanol–water partition coefficient (Wildman–Crippen LogP) is 17.7. The highest BCUT2D eigenvalue weighted by atomic mass is 16.5. The lowest BCUT2D eigenvalue weighted by atomic mass is 10.0. The van der Waals surface area contributed by atoms with Crippen LogP contribution in [0.3, 0.4) is 0 Å². The number of allylic oxidation sites excluding steroid dienone is 2. The van der Waals surface area contributed by atoms with E-state index in [0.29, 0.717) is 25.9 Å². The molecule has 0 spiro atoms. The maximum Gasteiger partial charge on any atom is 0.305 e. The molecular formula is C58H113NO5. The molecule has 0 aliphatic rings. The van der Waals surface area contributed by atoms with E-state index in [9.17, 15) is 19.8 Å². The summed E-state index contributed by atoms with van der Waals surface area (Å²) in [5, 5.41) is 23.3. The minimum atomic E-state index is -0.668. The van der Waals surface area contributed by atoms with Gasteiger partial charge in [0.2, 0.25) is 5.91 Å². The van der Waals surface area contributed by atoms with Gasteiger partial charge in [-0.25, -0.2) is 0 Å². The minimum absolute atomic E-state index is 0.00406. The number of aliphatic hydroxyl groups excluding tert-OH is 2. The maximum atomic E-state index is 12.5. The second kappa shape index (κ2) is 54.2. The summed E-state index contributed by atoms with van der Waals surface area (Å²) in [5.74, 6) is -0.0417. The van der Waals surface area contributed by atoms with E-state index in [1.807, 2.05) is 0 Å². The van der Waals surface area contributed by atoms with Crippen LogP contribution < -0.4 is 5.32 Å². The number of amides is 1. The molecule has 6 heteroatoms. The molecule has 0 aliphatic carbocycles. The van der Waals surface area contributed by atoms with E-state index in [2.05, 4.69) is 31.3 Å². The van der Waals surface area contributed by atoms with Gasteiger partial charge < -0.3 is 20.3 Å². The van der Waals surface area contributed by atoms with Gasteiger partial charge in [-0.3, -0.25) is 9.59 Å². The van der Waals surface area contributed by atoms with Gasteiger partial charge in [-0.05, 0) is 51.4 Å². The average Bonchev–Trinajstić information content (AvgIpc) is 3.29. The largest absolute Gasteiger partial charge is 0.466 e. The van der Waals surface area contributed by atoms with Crippen LogP contribution in [0.15, 0.2) is 12.2 Å². The Morgan fingerprint density at radius 3 is 1.14 bits per heavy atom. The second-order valence-electron chi connectivity index (χ2n) is 20.0. The first-order valence-corrected chi connectivity index (χ1v) is 28.9. The van der Waals surface area contributed by atoms with Crippen molar-refractivity contribution in [3.8, 4) is 0 Å². The quantitative estimate of drug-likeness (QED) is 0.0321. The van der Waals surface area contributed by atoms with Gasteiger partial charge in [0.15, 0.2) is 0 Å². The van der Waals surface area contributed by atoms with Crippen molar-refractivity contribution in [2.75, 3.05) is 13.2 Å². The smallest absolute Gasteiger partial charge is 0.305 e. The number of ether oxygens (including phenoxy) is 1. The Labute approximate surface area is 399 Å². The molecule has 0 fully saturated rings. The van der Waals surface area contributed by atoms with Crippen molar-refractivity contribution in [2.45, 2.75) is 334 Å². The summed E-state index contributed by atoms with van der Waals surface area (Å²) in [6, 6.07) is -0.545. The standard InChI is InChI=1S/C58H113NO5/c1-3-5-7-9-11-13-15-17-18-19-21-24-27-30-34-38-42-46-50-56(61)55(54-60)59-57(62)51-47-43-39-35-31-28-25-22-20-23-26-29-33-37-41-45-49-53-64-58(63)52-48-44-40-36-32-16-14-12-10-8-6-4-2/h12,14,55-56,60-61H,3-11,13,15-54H2,1-2H3,(H,59,62)/b14-12-. The fourth-order valence-corrected chi connectivity index (χ4v) is 9.11. The Hall–Kier alpha value is -1.40. The van der Waals surface area contributed by atoms with Crippen molar-refractivity contribution in [3.63, 3.8) is 0 Å². The first kappa shape index (κ1) is 62.6.